The summed E-state index contributed by atoms with van der Waals surface area (Å²) in [6.07, 6.45) is -4.71. The molecule has 0 saturated heterocycles. The molecule has 22 heavy (non-hydrogen) atoms. The number of ether oxygens (including phenoxy) is 2. The molecule has 0 aliphatic carbocycles. The fourth-order valence-electron chi connectivity index (χ4n) is 1.59. The maximum absolute atomic E-state index is 14.0. The second-order valence-electron chi connectivity index (χ2n) is 4.29. The monoisotopic (exact) mass is 318 g/mol. The Morgan fingerprint density at radius 1 is 1.27 bits per heavy atom. The second kappa shape index (κ2) is 7.81. The molecule has 2 atom stereocenters. The number of aliphatic hydroxyl groups is 2. The summed E-state index contributed by atoms with van der Waals surface area (Å²) in [6.45, 7) is -0.119. The van der Waals surface area contributed by atoms with Crippen LogP contribution in [-0.2, 0) is 14.3 Å². The molecule has 1 aromatic carbocycles. The van der Waals surface area contributed by atoms with Gasteiger partial charge in [0.1, 0.15) is 6.10 Å². The SMILES string of the molecule is CCOC(=O)C(F)(F)[C@H](OC(=O)c1ccccc1)[C@H](O)CO. The van der Waals surface area contributed by atoms with Crippen LogP contribution in [0.15, 0.2) is 30.3 Å². The summed E-state index contributed by atoms with van der Waals surface area (Å²) >= 11 is 0. The van der Waals surface area contributed by atoms with Crippen molar-refractivity contribution in [1.29, 1.82) is 0 Å². The summed E-state index contributed by atoms with van der Waals surface area (Å²) in [5.41, 5.74) is -0.0442. The van der Waals surface area contributed by atoms with Gasteiger partial charge in [0.15, 0.2) is 0 Å². The third-order valence-corrected chi connectivity index (χ3v) is 2.68. The Balaban J connectivity index is 2.99. The van der Waals surface area contributed by atoms with Crippen LogP contribution in [0.25, 0.3) is 0 Å². The van der Waals surface area contributed by atoms with E-state index in [0.29, 0.717) is 0 Å². The minimum atomic E-state index is -4.30. The molecule has 0 amide bonds. The van der Waals surface area contributed by atoms with Gasteiger partial charge in [0.05, 0.1) is 18.8 Å². The Morgan fingerprint density at radius 2 is 1.86 bits per heavy atom. The van der Waals surface area contributed by atoms with Crippen molar-refractivity contribution in [2.75, 3.05) is 13.2 Å². The lowest BCUT2D eigenvalue weighted by molar-refractivity contribution is -0.202. The normalized spacial score (nSPS) is 14.0. The van der Waals surface area contributed by atoms with E-state index in [1.165, 1.54) is 31.2 Å². The number of benzene rings is 1. The molecule has 6 nitrogen and oxygen atoms in total. The highest BCUT2D eigenvalue weighted by Crippen LogP contribution is 2.27. The van der Waals surface area contributed by atoms with Gasteiger partial charge in [-0.25, -0.2) is 9.59 Å². The molecule has 0 saturated carbocycles. The molecule has 0 aliphatic rings. The lowest BCUT2D eigenvalue weighted by Gasteiger charge is -2.27. The topological polar surface area (TPSA) is 93.1 Å². The number of hydrogen-bond donors (Lipinski definition) is 2. The lowest BCUT2D eigenvalue weighted by Crippen LogP contribution is -2.52. The van der Waals surface area contributed by atoms with Crippen molar-refractivity contribution in [3.63, 3.8) is 0 Å². The first-order valence-corrected chi connectivity index (χ1v) is 6.44. The molecule has 0 spiro atoms. The zero-order valence-corrected chi connectivity index (χ0v) is 11.7. The Labute approximate surface area is 125 Å². The summed E-state index contributed by atoms with van der Waals surface area (Å²) < 4.78 is 36.6. The van der Waals surface area contributed by atoms with Gasteiger partial charge < -0.3 is 19.7 Å². The molecule has 122 valence electrons. The molecule has 2 N–H and O–H groups in total. The summed E-state index contributed by atoms with van der Waals surface area (Å²) in [5, 5.41) is 18.3. The Morgan fingerprint density at radius 3 is 2.36 bits per heavy atom. The van der Waals surface area contributed by atoms with Crippen molar-refractivity contribution in [3.8, 4) is 0 Å². The van der Waals surface area contributed by atoms with Crippen LogP contribution in [0.5, 0.6) is 0 Å². The molecule has 0 bridgehead atoms. The minimum absolute atomic E-state index is 0.0442. The quantitative estimate of drug-likeness (QED) is 0.721. The summed E-state index contributed by atoms with van der Waals surface area (Å²) in [6, 6.07) is 7.19. The average Bonchev–Trinajstić information content (AvgIpc) is 2.52. The Hall–Kier alpha value is -2.06. The third-order valence-electron chi connectivity index (χ3n) is 2.68. The predicted molar refractivity (Wildman–Crippen MR) is 70.3 cm³/mol. The Kier molecular flexibility index (Phi) is 6.39. The van der Waals surface area contributed by atoms with Crippen molar-refractivity contribution >= 4 is 11.9 Å². The number of hydrogen-bond acceptors (Lipinski definition) is 6. The molecule has 1 rings (SSSR count). The van der Waals surface area contributed by atoms with E-state index < -0.39 is 36.7 Å². The summed E-state index contributed by atoms with van der Waals surface area (Å²) in [4.78, 5) is 23.1. The first-order valence-electron chi connectivity index (χ1n) is 6.44. The van der Waals surface area contributed by atoms with Crippen LogP contribution in [-0.4, -0.2) is 53.5 Å². The summed E-state index contributed by atoms with van der Waals surface area (Å²) in [7, 11) is 0. The number of carbonyl (C=O) groups is 2. The molecule has 0 fully saturated rings. The van der Waals surface area contributed by atoms with E-state index in [0.717, 1.165) is 0 Å². The molecule has 1 aromatic rings. The van der Waals surface area contributed by atoms with Crippen LogP contribution >= 0.6 is 0 Å². The van der Waals surface area contributed by atoms with E-state index in [1.807, 2.05) is 0 Å². The molecule has 0 unspecified atom stereocenters. The molecule has 0 aliphatic heterocycles. The molecule has 8 heteroatoms. The maximum Gasteiger partial charge on any atom is 0.381 e. The standard InChI is InChI=1S/C14H16F2O6/c1-2-21-13(20)14(15,16)11(10(18)8-17)22-12(19)9-6-4-3-5-7-9/h3-7,10-11,17-18H,2,8H2,1H3/t10-,11-/m1/s1. The highest BCUT2D eigenvalue weighted by atomic mass is 19.3. The van der Waals surface area contributed by atoms with E-state index in [2.05, 4.69) is 9.47 Å². The van der Waals surface area contributed by atoms with Crippen molar-refractivity contribution in [1.82, 2.24) is 0 Å². The molecule has 0 aromatic heterocycles. The highest BCUT2D eigenvalue weighted by Gasteiger charge is 2.54. The van der Waals surface area contributed by atoms with Gasteiger partial charge in [-0.15, -0.1) is 0 Å². The van der Waals surface area contributed by atoms with Crippen molar-refractivity contribution in [3.05, 3.63) is 35.9 Å². The zero-order chi connectivity index (χ0) is 16.8. The van der Waals surface area contributed by atoms with E-state index in [9.17, 15) is 23.5 Å². The maximum atomic E-state index is 14.0. The van der Waals surface area contributed by atoms with Gasteiger partial charge in [-0.3, -0.25) is 0 Å². The highest BCUT2D eigenvalue weighted by molar-refractivity contribution is 5.90. The van der Waals surface area contributed by atoms with E-state index >= 15 is 0 Å². The largest absolute Gasteiger partial charge is 0.461 e. The van der Waals surface area contributed by atoms with Gasteiger partial charge in [0.2, 0.25) is 6.10 Å². The van der Waals surface area contributed by atoms with Gasteiger partial charge in [-0.1, -0.05) is 18.2 Å². The average molecular weight is 318 g/mol. The van der Waals surface area contributed by atoms with Crippen molar-refractivity contribution in [2.24, 2.45) is 0 Å². The van der Waals surface area contributed by atoms with Gasteiger partial charge in [0, 0.05) is 0 Å². The number of esters is 2. The lowest BCUT2D eigenvalue weighted by atomic mass is 10.1. The molecule has 0 radical (unpaired) electrons. The van der Waals surface area contributed by atoms with Crippen LogP contribution < -0.4 is 0 Å². The molecular weight excluding hydrogens is 302 g/mol. The fraction of sp³-hybridized carbons (Fsp3) is 0.429. The van der Waals surface area contributed by atoms with E-state index in [4.69, 9.17) is 5.11 Å². The number of rotatable bonds is 7. The van der Waals surface area contributed by atoms with Crippen LogP contribution in [0.3, 0.4) is 0 Å². The number of aliphatic hydroxyl groups excluding tert-OH is 2. The van der Waals surface area contributed by atoms with Crippen LogP contribution in [0.1, 0.15) is 17.3 Å². The van der Waals surface area contributed by atoms with Gasteiger partial charge >= 0.3 is 17.9 Å². The van der Waals surface area contributed by atoms with Gasteiger partial charge in [0.25, 0.3) is 0 Å². The van der Waals surface area contributed by atoms with Gasteiger partial charge in [-0.05, 0) is 19.1 Å². The van der Waals surface area contributed by atoms with Crippen LogP contribution in [0, 0.1) is 0 Å². The first kappa shape index (κ1) is 18.0. The molecule has 0 heterocycles. The first-order chi connectivity index (χ1) is 10.3. The fourth-order valence-corrected chi connectivity index (χ4v) is 1.59. The van der Waals surface area contributed by atoms with Gasteiger partial charge in [-0.2, -0.15) is 8.78 Å². The number of alkyl halides is 2. The third kappa shape index (κ3) is 4.22. The van der Waals surface area contributed by atoms with Crippen LogP contribution in [0.2, 0.25) is 0 Å². The summed E-state index contributed by atoms with van der Waals surface area (Å²) in [5.74, 6) is -7.42. The zero-order valence-electron chi connectivity index (χ0n) is 11.7. The smallest absolute Gasteiger partial charge is 0.381 e. The predicted octanol–water partition coefficient (Wildman–Crippen LogP) is 0.764. The Bertz CT molecular complexity index is 505. The van der Waals surface area contributed by atoms with E-state index in [-0.39, 0.29) is 12.2 Å². The number of halogens is 2. The number of carbonyl (C=O) groups excluding carboxylic acids is 2. The second-order valence-corrected chi connectivity index (χ2v) is 4.29. The van der Waals surface area contributed by atoms with E-state index in [1.54, 1.807) is 6.07 Å². The molecular formula is C14H16F2O6. The minimum Gasteiger partial charge on any atom is -0.461 e. The van der Waals surface area contributed by atoms with Crippen LogP contribution in [0.4, 0.5) is 8.78 Å². The van der Waals surface area contributed by atoms with Crippen molar-refractivity contribution < 1.29 is 38.1 Å². The van der Waals surface area contributed by atoms with Crippen molar-refractivity contribution in [2.45, 2.75) is 25.1 Å².